The van der Waals surface area contributed by atoms with Gasteiger partial charge in [-0.2, -0.15) is 0 Å². The third-order valence-corrected chi connectivity index (χ3v) is 4.11. The largest absolute Gasteiger partial charge is 0.391 e. The van der Waals surface area contributed by atoms with E-state index in [1.165, 1.54) is 18.2 Å². The molecule has 0 radical (unpaired) electrons. The van der Waals surface area contributed by atoms with Crippen LogP contribution in [0.2, 0.25) is 0 Å². The number of nitrogens with one attached hydrogen (secondary N) is 1. The van der Waals surface area contributed by atoms with Crippen molar-refractivity contribution < 1.29 is 14.8 Å². The molecular weight excluding hydrogens is 340 g/mol. The van der Waals surface area contributed by atoms with E-state index in [9.17, 15) is 20.0 Å². The Hall–Kier alpha value is -1.47. The van der Waals surface area contributed by atoms with Crippen molar-refractivity contribution >= 4 is 27.5 Å². The van der Waals surface area contributed by atoms with Crippen molar-refractivity contribution in [1.29, 1.82) is 0 Å². The topological polar surface area (TPSA) is 92.5 Å². The number of nitro benzene ring substituents is 1. The molecule has 1 aromatic rings. The number of hydrogen-bond acceptors (Lipinski definition) is 4. The number of non-ortho nitro benzene ring substituents is 1. The number of aliphatic hydroxyl groups excluding tert-OH is 1. The second kappa shape index (κ2) is 7.00. The summed E-state index contributed by atoms with van der Waals surface area (Å²) in [5, 5.41) is 23.6. The van der Waals surface area contributed by atoms with Gasteiger partial charge in [0.2, 0.25) is 0 Å². The van der Waals surface area contributed by atoms with Gasteiger partial charge in [0.05, 0.1) is 17.1 Å². The molecule has 21 heavy (non-hydrogen) atoms. The SMILES string of the molecule is O=C(NC1CCCCCC1O)c1cc(Br)cc([N+](=O)[O-])c1. The summed E-state index contributed by atoms with van der Waals surface area (Å²) in [7, 11) is 0. The summed E-state index contributed by atoms with van der Waals surface area (Å²) in [5.41, 5.74) is 0.0726. The van der Waals surface area contributed by atoms with Crippen LogP contribution in [0.25, 0.3) is 0 Å². The van der Waals surface area contributed by atoms with Crippen LogP contribution in [0.5, 0.6) is 0 Å². The highest BCUT2D eigenvalue weighted by molar-refractivity contribution is 9.10. The zero-order valence-electron chi connectivity index (χ0n) is 11.4. The van der Waals surface area contributed by atoms with Crippen molar-refractivity contribution in [3.05, 3.63) is 38.3 Å². The predicted octanol–water partition coefficient (Wildman–Crippen LogP) is 2.78. The van der Waals surface area contributed by atoms with E-state index in [4.69, 9.17) is 0 Å². The first-order valence-corrected chi connectivity index (χ1v) is 7.70. The lowest BCUT2D eigenvalue weighted by Crippen LogP contribution is -2.42. The van der Waals surface area contributed by atoms with Crippen LogP contribution in [-0.4, -0.2) is 28.1 Å². The molecule has 2 atom stereocenters. The summed E-state index contributed by atoms with van der Waals surface area (Å²) in [6.45, 7) is 0. The number of carbonyl (C=O) groups is 1. The van der Waals surface area contributed by atoms with Crippen LogP contribution >= 0.6 is 15.9 Å². The molecule has 1 fully saturated rings. The second-order valence-corrected chi connectivity index (χ2v) is 6.16. The third-order valence-electron chi connectivity index (χ3n) is 3.65. The lowest BCUT2D eigenvalue weighted by molar-refractivity contribution is -0.385. The van der Waals surface area contributed by atoms with Gasteiger partial charge in [0.25, 0.3) is 11.6 Å². The summed E-state index contributed by atoms with van der Waals surface area (Å²) in [6.07, 6.45) is 3.80. The van der Waals surface area contributed by atoms with E-state index in [1.807, 2.05) is 0 Å². The standard InChI is InChI=1S/C14H17BrN2O4/c15-10-6-9(7-11(8-10)17(20)21)14(19)16-12-4-2-1-3-5-13(12)18/h6-8,12-13,18H,1-5H2,(H,16,19). The molecule has 0 heterocycles. The average Bonchev–Trinajstić information content (AvgIpc) is 2.63. The van der Waals surface area contributed by atoms with E-state index < -0.39 is 16.9 Å². The third kappa shape index (κ3) is 4.25. The number of nitrogens with zero attached hydrogens (tertiary/aromatic N) is 1. The molecule has 1 amide bonds. The first kappa shape index (κ1) is 15.9. The van der Waals surface area contributed by atoms with Crippen molar-refractivity contribution in [1.82, 2.24) is 5.32 Å². The van der Waals surface area contributed by atoms with Crippen LogP contribution in [0.3, 0.4) is 0 Å². The van der Waals surface area contributed by atoms with Crippen LogP contribution in [-0.2, 0) is 0 Å². The van der Waals surface area contributed by atoms with Crippen LogP contribution < -0.4 is 5.32 Å². The maximum Gasteiger partial charge on any atom is 0.271 e. The quantitative estimate of drug-likeness (QED) is 0.494. The fraction of sp³-hybridized carbons (Fsp3) is 0.500. The fourth-order valence-electron chi connectivity index (χ4n) is 2.52. The molecule has 2 N–H and O–H groups in total. The number of amides is 1. The van der Waals surface area contributed by atoms with E-state index in [-0.39, 0.29) is 17.3 Å². The Morgan fingerprint density at radius 3 is 2.71 bits per heavy atom. The van der Waals surface area contributed by atoms with E-state index in [1.54, 1.807) is 0 Å². The molecule has 1 aliphatic rings. The molecule has 1 aliphatic carbocycles. The Morgan fingerprint density at radius 2 is 2.00 bits per heavy atom. The monoisotopic (exact) mass is 356 g/mol. The van der Waals surface area contributed by atoms with Gasteiger partial charge >= 0.3 is 0 Å². The highest BCUT2D eigenvalue weighted by Crippen LogP contribution is 2.22. The highest BCUT2D eigenvalue weighted by Gasteiger charge is 2.24. The Morgan fingerprint density at radius 1 is 1.29 bits per heavy atom. The van der Waals surface area contributed by atoms with Gasteiger partial charge in [-0.25, -0.2) is 0 Å². The molecule has 6 nitrogen and oxygen atoms in total. The van der Waals surface area contributed by atoms with Crippen molar-refractivity contribution in [3.8, 4) is 0 Å². The van der Waals surface area contributed by atoms with Gasteiger partial charge in [0.15, 0.2) is 0 Å². The van der Waals surface area contributed by atoms with Gasteiger partial charge in [-0.3, -0.25) is 14.9 Å². The molecule has 0 aliphatic heterocycles. The molecule has 1 saturated carbocycles. The maximum atomic E-state index is 12.2. The first-order valence-electron chi connectivity index (χ1n) is 6.91. The average molecular weight is 357 g/mol. The lowest BCUT2D eigenvalue weighted by atomic mass is 10.1. The number of aliphatic hydroxyl groups is 1. The van der Waals surface area contributed by atoms with Crippen molar-refractivity contribution in [2.75, 3.05) is 0 Å². The summed E-state index contributed by atoms with van der Waals surface area (Å²) in [6, 6.07) is 3.82. The number of benzene rings is 1. The van der Waals surface area contributed by atoms with Gasteiger partial charge in [-0.05, 0) is 18.9 Å². The van der Waals surface area contributed by atoms with Crippen molar-refractivity contribution in [2.24, 2.45) is 0 Å². The minimum Gasteiger partial charge on any atom is -0.391 e. The number of carbonyl (C=O) groups excluding carboxylic acids is 1. The van der Waals surface area contributed by atoms with E-state index in [0.29, 0.717) is 10.9 Å². The molecule has 0 saturated heterocycles. The van der Waals surface area contributed by atoms with Gasteiger partial charge in [-0.15, -0.1) is 0 Å². The normalized spacial score (nSPS) is 22.4. The van der Waals surface area contributed by atoms with E-state index in [0.717, 1.165) is 25.7 Å². The predicted molar refractivity (Wildman–Crippen MR) is 81.1 cm³/mol. The van der Waals surface area contributed by atoms with Crippen LogP contribution in [0.15, 0.2) is 22.7 Å². The molecule has 114 valence electrons. The molecule has 0 spiro atoms. The number of halogens is 1. The highest BCUT2D eigenvalue weighted by atomic mass is 79.9. The molecule has 1 aromatic carbocycles. The number of rotatable bonds is 3. The molecular formula is C14H17BrN2O4. The van der Waals surface area contributed by atoms with Crippen LogP contribution in [0.1, 0.15) is 42.5 Å². The summed E-state index contributed by atoms with van der Waals surface area (Å²) < 4.78 is 0.475. The van der Waals surface area contributed by atoms with Gasteiger partial charge in [-0.1, -0.05) is 35.2 Å². The van der Waals surface area contributed by atoms with Crippen LogP contribution in [0, 0.1) is 10.1 Å². The van der Waals surface area contributed by atoms with Gasteiger partial charge < -0.3 is 10.4 Å². The lowest BCUT2D eigenvalue weighted by Gasteiger charge is -2.21. The van der Waals surface area contributed by atoms with E-state index in [2.05, 4.69) is 21.2 Å². The Labute approximate surface area is 130 Å². The zero-order chi connectivity index (χ0) is 15.4. The Kier molecular flexibility index (Phi) is 5.30. The van der Waals surface area contributed by atoms with Crippen molar-refractivity contribution in [3.63, 3.8) is 0 Å². The summed E-state index contributed by atoms with van der Waals surface area (Å²) in [4.78, 5) is 22.5. The fourth-order valence-corrected chi connectivity index (χ4v) is 3.00. The molecule has 7 heteroatoms. The second-order valence-electron chi connectivity index (χ2n) is 5.24. The van der Waals surface area contributed by atoms with Gasteiger partial charge in [0, 0.05) is 22.2 Å². The van der Waals surface area contributed by atoms with Crippen LogP contribution in [0.4, 0.5) is 5.69 Å². The smallest absolute Gasteiger partial charge is 0.271 e. The minimum atomic E-state index is -0.557. The van der Waals surface area contributed by atoms with Crippen molar-refractivity contribution in [2.45, 2.75) is 44.2 Å². The minimum absolute atomic E-state index is 0.143. The maximum absolute atomic E-state index is 12.2. The molecule has 0 aromatic heterocycles. The number of hydrogen-bond donors (Lipinski definition) is 2. The Bertz CT molecular complexity index is 550. The molecule has 0 bridgehead atoms. The summed E-state index contributed by atoms with van der Waals surface area (Å²) in [5.74, 6) is -0.398. The van der Waals surface area contributed by atoms with E-state index >= 15 is 0 Å². The zero-order valence-corrected chi connectivity index (χ0v) is 13.0. The first-order chi connectivity index (χ1) is 9.97. The molecule has 2 rings (SSSR count). The number of nitro groups is 1. The summed E-state index contributed by atoms with van der Waals surface area (Å²) >= 11 is 3.17. The molecule has 2 unspecified atom stereocenters. The van der Waals surface area contributed by atoms with Gasteiger partial charge in [0.1, 0.15) is 0 Å². The Balaban J connectivity index is 2.14.